The third-order valence-corrected chi connectivity index (χ3v) is 5.66. The molecule has 2 aromatic carbocycles. The van der Waals surface area contributed by atoms with Gasteiger partial charge in [-0.1, -0.05) is 30.3 Å². The number of anilines is 1. The quantitative estimate of drug-likeness (QED) is 0.360. The molecule has 8 heteroatoms. The maximum atomic E-state index is 12.5. The van der Waals surface area contributed by atoms with Crippen LogP contribution in [0, 0.1) is 0 Å². The molecule has 1 aromatic heterocycles. The summed E-state index contributed by atoms with van der Waals surface area (Å²) in [5.41, 5.74) is 2.68. The Labute approximate surface area is 188 Å². The van der Waals surface area contributed by atoms with E-state index in [1.165, 1.54) is 6.20 Å². The molecule has 6 nitrogen and oxygen atoms in total. The molecular formula is C22H14Br2N2O4. The van der Waals surface area contributed by atoms with Gasteiger partial charge in [0, 0.05) is 11.8 Å². The average molecular weight is 530 g/mol. The van der Waals surface area contributed by atoms with Gasteiger partial charge in [0.2, 0.25) is 0 Å². The molecule has 3 aromatic rings. The van der Waals surface area contributed by atoms with E-state index in [0.717, 1.165) is 5.56 Å². The summed E-state index contributed by atoms with van der Waals surface area (Å²) >= 11 is 6.55. The first-order valence-electron chi connectivity index (χ1n) is 8.85. The van der Waals surface area contributed by atoms with Gasteiger partial charge in [0.15, 0.2) is 0 Å². The average Bonchev–Trinajstić information content (AvgIpc) is 3.05. The Morgan fingerprint density at radius 3 is 2.53 bits per heavy atom. The molecule has 0 unspecified atom stereocenters. The number of carbonyl (C=O) groups excluding carboxylic acids is 2. The normalized spacial score (nSPS) is 13.8. The zero-order chi connectivity index (χ0) is 21.3. The molecule has 30 heavy (non-hydrogen) atoms. The van der Waals surface area contributed by atoms with Crippen LogP contribution in [0.15, 0.2) is 63.7 Å². The Morgan fingerprint density at radius 1 is 1.13 bits per heavy atom. The number of carbonyl (C=O) groups is 2. The second-order valence-electron chi connectivity index (χ2n) is 6.53. The number of nitrogens with zero attached hydrogens (tertiary/aromatic N) is 1. The van der Waals surface area contributed by atoms with E-state index in [-0.39, 0.29) is 23.8 Å². The van der Waals surface area contributed by atoms with Gasteiger partial charge in [-0.05, 0) is 67.3 Å². The van der Waals surface area contributed by atoms with Crippen molar-refractivity contribution in [2.24, 2.45) is 0 Å². The first-order valence-corrected chi connectivity index (χ1v) is 10.4. The summed E-state index contributed by atoms with van der Waals surface area (Å²) in [7, 11) is 0. The fourth-order valence-electron chi connectivity index (χ4n) is 2.96. The van der Waals surface area contributed by atoms with Gasteiger partial charge in [0.25, 0.3) is 5.91 Å². The van der Waals surface area contributed by atoms with Crippen molar-refractivity contribution in [1.29, 1.82) is 0 Å². The molecule has 0 fully saturated rings. The number of nitrogens with one attached hydrogen (secondary N) is 1. The Hall–Kier alpha value is -2.97. The minimum atomic E-state index is -0.525. The van der Waals surface area contributed by atoms with Crippen LogP contribution in [0.2, 0.25) is 0 Å². The van der Waals surface area contributed by atoms with E-state index >= 15 is 0 Å². The van der Waals surface area contributed by atoms with E-state index in [1.54, 1.807) is 24.3 Å². The van der Waals surface area contributed by atoms with E-state index in [4.69, 9.17) is 4.74 Å². The van der Waals surface area contributed by atoms with Crippen LogP contribution < -0.4 is 5.32 Å². The fourth-order valence-corrected chi connectivity index (χ4v) is 4.19. The predicted octanol–water partition coefficient (Wildman–Crippen LogP) is 5.16. The maximum absolute atomic E-state index is 12.5. The predicted molar refractivity (Wildman–Crippen MR) is 120 cm³/mol. The summed E-state index contributed by atoms with van der Waals surface area (Å²) in [4.78, 5) is 29.1. The van der Waals surface area contributed by atoms with Gasteiger partial charge in [0.1, 0.15) is 18.2 Å². The van der Waals surface area contributed by atoms with Crippen molar-refractivity contribution < 1.29 is 19.4 Å². The molecule has 2 heterocycles. The molecule has 4 rings (SSSR count). The maximum Gasteiger partial charge on any atom is 0.340 e. The number of ether oxygens (including phenoxy) is 1. The summed E-state index contributed by atoms with van der Waals surface area (Å²) in [6.45, 7) is 0.145. The van der Waals surface area contributed by atoms with E-state index in [1.807, 2.05) is 30.3 Å². The first kappa shape index (κ1) is 20.3. The molecule has 1 aliphatic heterocycles. The number of amides is 1. The fraction of sp³-hybridized carbons (Fsp3) is 0.0455. The molecule has 0 aliphatic carbocycles. The summed E-state index contributed by atoms with van der Waals surface area (Å²) < 4.78 is 6.32. The lowest BCUT2D eigenvalue weighted by Crippen LogP contribution is -2.06. The highest BCUT2D eigenvalue weighted by atomic mass is 79.9. The summed E-state index contributed by atoms with van der Waals surface area (Å²) in [6.07, 6.45) is 3.04. The number of phenols is 1. The number of aromatic nitrogens is 1. The third kappa shape index (κ3) is 4.15. The highest BCUT2D eigenvalue weighted by molar-refractivity contribution is 9.11. The lowest BCUT2D eigenvalue weighted by molar-refractivity contribution is -0.110. The standard InChI is InChI=1S/C22H14Br2N2O4/c23-17-7-13(8-18(24)19(17)27)6-16-15-9-14(10-25-20(15)26-21(16)28)22(29)30-11-12-4-2-1-3-5-12/h1-10,27H,11H2,(H,25,26,28)/b16-6-. The van der Waals surface area contributed by atoms with Crippen LogP contribution in [0.25, 0.3) is 11.6 Å². The number of pyridine rings is 1. The van der Waals surface area contributed by atoms with Crippen molar-refractivity contribution >= 4 is 61.2 Å². The van der Waals surface area contributed by atoms with Crippen molar-refractivity contribution in [2.45, 2.75) is 6.61 Å². The number of hydrogen-bond acceptors (Lipinski definition) is 5. The number of aromatic hydroxyl groups is 1. The molecule has 0 atom stereocenters. The van der Waals surface area contributed by atoms with Crippen LogP contribution in [-0.2, 0) is 16.1 Å². The van der Waals surface area contributed by atoms with Crippen LogP contribution in [0.1, 0.15) is 27.0 Å². The molecule has 1 amide bonds. The smallest absolute Gasteiger partial charge is 0.340 e. The zero-order valence-electron chi connectivity index (χ0n) is 15.4. The van der Waals surface area contributed by atoms with Crippen LogP contribution in [0.3, 0.4) is 0 Å². The van der Waals surface area contributed by atoms with Gasteiger partial charge in [-0.3, -0.25) is 4.79 Å². The third-order valence-electron chi connectivity index (χ3n) is 4.45. The van der Waals surface area contributed by atoms with Crippen molar-refractivity contribution in [3.63, 3.8) is 0 Å². The minimum Gasteiger partial charge on any atom is -0.506 e. The molecule has 0 saturated carbocycles. The van der Waals surface area contributed by atoms with Gasteiger partial charge < -0.3 is 15.2 Å². The van der Waals surface area contributed by atoms with Gasteiger partial charge >= 0.3 is 5.97 Å². The number of esters is 1. The zero-order valence-corrected chi connectivity index (χ0v) is 18.5. The highest BCUT2D eigenvalue weighted by Gasteiger charge is 2.27. The molecule has 0 bridgehead atoms. The largest absolute Gasteiger partial charge is 0.506 e. The second kappa shape index (κ2) is 8.41. The molecule has 1 aliphatic rings. The molecule has 0 spiro atoms. The number of rotatable bonds is 4. The molecule has 150 valence electrons. The van der Waals surface area contributed by atoms with E-state index < -0.39 is 5.97 Å². The molecule has 0 radical (unpaired) electrons. The van der Waals surface area contributed by atoms with Crippen molar-refractivity contribution in [2.75, 3.05) is 5.32 Å². The van der Waals surface area contributed by atoms with Gasteiger partial charge in [-0.25, -0.2) is 9.78 Å². The lowest BCUT2D eigenvalue weighted by Gasteiger charge is -2.06. The topological polar surface area (TPSA) is 88.5 Å². The van der Waals surface area contributed by atoms with Gasteiger partial charge in [-0.2, -0.15) is 0 Å². The Morgan fingerprint density at radius 2 is 1.83 bits per heavy atom. The highest BCUT2D eigenvalue weighted by Crippen LogP contribution is 2.36. The number of fused-ring (bicyclic) bond motifs is 1. The summed E-state index contributed by atoms with van der Waals surface area (Å²) in [5.74, 6) is -0.406. The van der Waals surface area contributed by atoms with E-state index in [2.05, 4.69) is 42.2 Å². The van der Waals surface area contributed by atoms with Gasteiger partial charge in [-0.15, -0.1) is 0 Å². The Balaban J connectivity index is 1.62. The minimum absolute atomic E-state index is 0.0681. The van der Waals surface area contributed by atoms with Crippen LogP contribution >= 0.6 is 31.9 Å². The van der Waals surface area contributed by atoms with Crippen molar-refractivity contribution in [3.8, 4) is 5.75 Å². The van der Waals surface area contributed by atoms with Crippen molar-refractivity contribution in [1.82, 2.24) is 4.98 Å². The Kier molecular flexibility index (Phi) is 5.69. The number of halogens is 2. The Bertz CT molecular complexity index is 1170. The van der Waals surface area contributed by atoms with Gasteiger partial charge in [0.05, 0.1) is 20.1 Å². The van der Waals surface area contributed by atoms with Crippen molar-refractivity contribution in [3.05, 3.63) is 85.9 Å². The number of benzene rings is 2. The first-order chi connectivity index (χ1) is 14.4. The van der Waals surface area contributed by atoms with Crippen LogP contribution in [0.5, 0.6) is 5.75 Å². The lowest BCUT2D eigenvalue weighted by atomic mass is 10.0. The number of hydrogen-bond donors (Lipinski definition) is 2. The second-order valence-corrected chi connectivity index (χ2v) is 8.24. The number of phenolic OH excluding ortho intramolecular Hbond substituents is 1. The molecule has 0 saturated heterocycles. The van der Waals surface area contributed by atoms with E-state index in [9.17, 15) is 14.7 Å². The molecule has 2 N–H and O–H groups in total. The monoisotopic (exact) mass is 528 g/mol. The molecular weight excluding hydrogens is 516 g/mol. The SMILES string of the molecule is O=C1Nc2ncc(C(=O)OCc3ccccc3)cc2/C1=C/c1cc(Br)c(O)c(Br)c1. The van der Waals surface area contributed by atoms with Crippen LogP contribution in [-0.4, -0.2) is 22.0 Å². The summed E-state index contributed by atoms with van der Waals surface area (Å²) in [5, 5.41) is 12.6. The van der Waals surface area contributed by atoms with Crippen LogP contribution in [0.4, 0.5) is 5.82 Å². The van der Waals surface area contributed by atoms with E-state index in [0.29, 0.717) is 31.5 Å². The summed E-state index contributed by atoms with van der Waals surface area (Å²) in [6, 6.07) is 14.3.